The molecule has 0 unspecified atom stereocenters. The average molecular weight is 570 g/mol. The summed E-state index contributed by atoms with van der Waals surface area (Å²) in [5, 5.41) is 9.95. The molecule has 0 radical (unpaired) electrons. The molecule has 40 heavy (non-hydrogen) atoms. The van der Waals surface area contributed by atoms with Gasteiger partial charge in [-0.2, -0.15) is 13.2 Å². The molecular weight excluding hydrogens is 540 g/mol. The minimum atomic E-state index is -4.64. The van der Waals surface area contributed by atoms with Crippen LogP contribution in [0.2, 0.25) is 0 Å². The van der Waals surface area contributed by atoms with Crippen LogP contribution in [-0.2, 0) is 6.42 Å². The fraction of sp³-hybridized carbons (Fsp3) is 0.464. The zero-order valence-corrected chi connectivity index (χ0v) is 21.7. The number of carboxylic acid groups (broad SMARTS) is 1. The Bertz CT molecular complexity index is 1380. The summed E-state index contributed by atoms with van der Waals surface area (Å²) in [4.78, 5) is 17.5. The number of nitrogens with one attached hydrogen (secondary N) is 1. The van der Waals surface area contributed by atoms with E-state index in [0.29, 0.717) is 48.9 Å². The number of rotatable bonds is 8. The quantitative estimate of drug-likeness (QED) is 0.333. The maximum Gasteiger partial charge on any atom is 0.401 e. The Morgan fingerprint density at radius 3 is 2.55 bits per heavy atom. The molecule has 2 aliphatic rings. The van der Waals surface area contributed by atoms with Gasteiger partial charge in [-0.1, -0.05) is 6.07 Å². The van der Waals surface area contributed by atoms with E-state index in [9.17, 15) is 27.5 Å². The van der Waals surface area contributed by atoms with Crippen molar-refractivity contribution in [1.82, 2.24) is 14.8 Å². The minimum absolute atomic E-state index is 0.0307. The Labute approximate surface area is 226 Å². The Balaban J connectivity index is 1.53. The van der Waals surface area contributed by atoms with E-state index in [-0.39, 0.29) is 29.5 Å². The number of benzene rings is 2. The standard InChI is InChI=1S/C28H29F6N3O3/c1-15-9-20-19-4-3-16(27(38)39)10-23(19)35-25(20)26(37(15)14-28(32,33)34)24-21(30)11-18(12-22(24)31)40-17-5-8-36(13-17)7-2-6-29/h3-4,10-12,15,17,26,35H,2,5-9,13-14H2,1H3,(H,38,39)/t15-,17+,26-/m1/s1. The van der Waals surface area contributed by atoms with Crippen LogP contribution < -0.4 is 4.74 Å². The van der Waals surface area contributed by atoms with Crippen LogP contribution in [0.3, 0.4) is 0 Å². The van der Waals surface area contributed by atoms with Gasteiger partial charge in [0, 0.05) is 60.0 Å². The maximum absolute atomic E-state index is 15.7. The summed E-state index contributed by atoms with van der Waals surface area (Å²) >= 11 is 0. The molecule has 0 bridgehead atoms. The number of aromatic carboxylic acids is 1. The highest BCUT2D eigenvalue weighted by atomic mass is 19.4. The summed E-state index contributed by atoms with van der Waals surface area (Å²) in [5.74, 6) is -3.36. The second-order valence-electron chi connectivity index (χ2n) is 10.5. The number of nitrogens with zero attached hydrogens (tertiary/aromatic N) is 2. The largest absolute Gasteiger partial charge is 0.489 e. The number of alkyl halides is 4. The number of carboxylic acids is 1. The second kappa shape index (κ2) is 11.0. The van der Waals surface area contributed by atoms with Gasteiger partial charge >= 0.3 is 12.1 Å². The highest BCUT2D eigenvalue weighted by Gasteiger charge is 2.44. The molecular formula is C28H29F6N3O3. The van der Waals surface area contributed by atoms with E-state index >= 15 is 8.78 Å². The molecule has 1 aromatic heterocycles. The highest BCUT2D eigenvalue weighted by molar-refractivity contribution is 5.95. The van der Waals surface area contributed by atoms with E-state index in [2.05, 4.69) is 4.98 Å². The average Bonchev–Trinajstić information content (AvgIpc) is 3.46. The summed E-state index contributed by atoms with van der Waals surface area (Å²) < 4.78 is 90.7. The monoisotopic (exact) mass is 569 g/mol. The molecule has 0 saturated carbocycles. The predicted octanol–water partition coefficient (Wildman–Crippen LogP) is 5.86. The zero-order valence-electron chi connectivity index (χ0n) is 21.7. The van der Waals surface area contributed by atoms with Crippen molar-refractivity contribution in [2.45, 2.75) is 50.6 Å². The van der Waals surface area contributed by atoms with E-state index in [4.69, 9.17) is 4.74 Å². The first kappa shape index (κ1) is 28.3. The van der Waals surface area contributed by atoms with Crippen molar-refractivity contribution in [3.8, 4) is 5.75 Å². The minimum Gasteiger partial charge on any atom is -0.489 e. The zero-order chi connectivity index (χ0) is 28.8. The van der Waals surface area contributed by atoms with Crippen molar-refractivity contribution < 1.29 is 41.0 Å². The van der Waals surface area contributed by atoms with Crippen molar-refractivity contribution in [3.05, 3.63) is 64.4 Å². The lowest BCUT2D eigenvalue weighted by Gasteiger charge is -2.41. The summed E-state index contributed by atoms with van der Waals surface area (Å²) in [7, 11) is 0. The maximum atomic E-state index is 15.7. The van der Waals surface area contributed by atoms with Crippen molar-refractivity contribution >= 4 is 16.9 Å². The molecule has 3 aromatic rings. The van der Waals surface area contributed by atoms with Crippen LogP contribution >= 0.6 is 0 Å². The molecule has 3 atom stereocenters. The van der Waals surface area contributed by atoms with Gasteiger partial charge in [0.15, 0.2) is 0 Å². The first-order chi connectivity index (χ1) is 18.9. The number of likely N-dealkylation sites (tertiary alicyclic amines) is 1. The molecule has 0 aliphatic carbocycles. The van der Waals surface area contributed by atoms with E-state index < -0.39 is 54.6 Å². The molecule has 3 heterocycles. The van der Waals surface area contributed by atoms with Gasteiger partial charge in [0.1, 0.15) is 23.5 Å². The van der Waals surface area contributed by atoms with Crippen LogP contribution in [0.5, 0.6) is 5.75 Å². The van der Waals surface area contributed by atoms with Crippen LogP contribution in [0, 0.1) is 11.6 Å². The number of carbonyl (C=O) groups is 1. The Morgan fingerprint density at radius 1 is 1.18 bits per heavy atom. The number of H-pyrrole nitrogens is 1. The summed E-state index contributed by atoms with van der Waals surface area (Å²) in [6.07, 6.45) is -3.86. The topological polar surface area (TPSA) is 68.8 Å². The smallest absolute Gasteiger partial charge is 0.401 e. The number of ether oxygens (including phenoxy) is 1. The lowest BCUT2D eigenvalue weighted by atomic mass is 9.88. The van der Waals surface area contributed by atoms with Gasteiger partial charge in [0.25, 0.3) is 0 Å². The van der Waals surface area contributed by atoms with Crippen molar-refractivity contribution in [2.75, 3.05) is 32.9 Å². The molecule has 6 nitrogen and oxygen atoms in total. The summed E-state index contributed by atoms with van der Waals surface area (Å²) in [5.41, 5.74) is 0.546. The Morgan fingerprint density at radius 2 is 1.90 bits per heavy atom. The van der Waals surface area contributed by atoms with Crippen LogP contribution in [-0.4, -0.2) is 77.0 Å². The molecule has 2 aliphatic heterocycles. The number of halogens is 6. The first-order valence-electron chi connectivity index (χ1n) is 13.1. The van der Waals surface area contributed by atoms with E-state index in [1.54, 1.807) is 13.0 Å². The molecule has 216 valence electrons. The lowest BCUT2D eigenvalue weighted by Crippen LogP contribution is -2.47. The molecule has 0 spiro atoms. The van der Waals surface area contributed by atoms with Gasteiger partial charge in [-0.05, 0) is 43.9 Å². The molecule has 12 heteroatoms. The fourth-order valence-corrected chi connectivity index (χ4v) is 5.92. The van der Waals surface area contributed by atoms with Gasteiger partial charge in [0.05, 0.1) is 24.8 Å². The van der Waals surface area contributed by atoms with Crippen LogP contribution in [0.15, 0.2) is 30.3 Å². The molecule has 1 fully saturated rings. The van der Waals surface area contributed by atoms with Crippen LogP contribution in [0.4, 0.5) is 26.3 Å². The summed E-state index contributed by atoms with van der Waals surface area (Å²) in [6.45, 7) is 1.40. The Kier molecular flexibility index (Phi) is 7.75. The number of aromatic nitrogens is 1. The van der Waals surface area contributed by atoms with Gasteiger partial charge < -0.3 is 14.8 Å². The molecule has 2 N–H and O–H groups in total. The molecule has 1 saturated heterocycles. The highest BCUT2D eigenvalue weighted by Crippen LogP contribution is 2.44. The third-order valence-electron chi connectivity index (χ3n) is 7.68. The van der Waals surface area contributed by atoms with E-state index in [1.807, 2.05) is 4.90 Å². The number of hydrogen-bond acceptors (Lipinski definition) is 4. The molecule has 5 rings (SSSR count). The second-order valence-corrected chi connectivity index (χ2v) is 10.5. The van der Waals surface area contributed by atoms with Crippen LogP contribution in [0.25, 0.3) is 10.9 Å². The van der Waals surface area contributed by atoms with E-state index in [0.717, 1.165) is 17.0 Å². The molecule has 2 aromatic carbocycles. The molecule has 0 amide bonds. The van der Waals surface area contributed by atoms with Gasteiger partial charge in [-0.3, -0.25) is 14.2 Å². The van der Waals surface area contributed by atoms with E-state index in [1.165, 1.54) is 12.1 Å². The van der Waals surface area contributed by atoms with Gasteiger partial charge in [-0.15, -0.1) is 0 Å². The third-order valence-corrected chi connectivity index (χ3v) is 7.68. The lowest BCUT2D eigenvalue weighted by molar-refractivity contribution is -0.155. The van der Waals surface area contributed by atoms with Gasteiger partial charge in [0.2, 0.25) is 0 Å². The van der Waals surface area contributed by atoms with Crippen molar-refractivity contribution in [2.24, 2.45) is 0 Å². The SMILES string of the molecule is C[C@@H]1Cc2c([nH]c3cc(C(=O)O)ccc23)[C@@H](c2c(F)cc(O[C@H]3CCN(CCCF)C3)cc2F)N1CC(F)(F)F. The van der Waals surface area contributed by atoms with Crippen molar-refractivity contribution in [1.29, 1.82) is 0 Å². The summed E-state index contributed by atoms with van der Waals surface area (Å²) in [6, 6.07) is 4.08. The Hall–Kier alpha value is -3.25. The normalized spacial score (nSPS) is 22.1. The number of fused-ring (bicyclic) bond motifs is 3. The predicted molar refractivity (Wildman–Crippen MR) is 135 cm³/mol. The third kappa shape index (κ3) is 5.64. The van der Waals surface area contributed by atoms with Crippen molar-refractivity contribution in [3.63, 3.8) is 0 Å². The number of aromatic amines is 1. The van der Waals surface area contributed by atoms with Crippen LogP contribution in [0.1, 0.15) is 53.0 Å². The number of hydrogen-bond donors (Lipinski definition) is 2. The first-order valence-corrected chi connectivity index (χ1v) is 13.1. The fourth-order valence-electron chi connectivity index (χ4n) is 5.92. The van der Waals surface area contributed by atoms with Gasteiger partial charge in [-0.25, -0.2) is 13.6 Å².